The molecular weight excluding hydrogens is 318 g/mol. The summed E-state index contributed by atoms with van der Waals surface area (Å²) in [6.45, 7) is 4.22. The van der Waals surface area contributed by atoms with Crippen molar-refractivity contribution < 1.29 is 19.4 Å². The minimum atomic E-state index is -1.04. The highest BCUT2D eigenvalue weighted by Gasteiger charge is 2.33. The molecular formula is C20H21NO4. The van der Waals surface area contributed by atoms with Gasteiger partial charge in [0.15, 0.2) is 0 Å². The van der Waals surface area contributed by atoms with Crippen LogP contribution in [0.3, 0.4) is 0 Å². The number of amides is 1. The van der Waals surface area contributed by atoms with Gasteiger partial charge in [0.05, 0.1) is 0 Å². The van der Waals surface area contributed by atoms with Crippen molar-refractivity contribution in [2.75, 3.05) is 6.61 Å². The Labute approximate surface area is 146 Å². The molecule has 1 aliphatic heterocycles. The average molecular weight is 339 g/mol. The van der Waals surface area contributed by atoms with Gasteiger partial charge in [-0.3, -0.25) is 4.79 Å². The number of hydrogen-bond donors (Lipinski definition) is 2. The van der Waals surface area contributed by atoms with Crippen molar-refractivity contribution in [3.05, 3.63) is 64.7 Å². The summed E-state index contributed by atoms with van der Waals surface area (Å²) in [6.07, 6.45) is 0.245. The second kappa shape index (κ2) is 6.97. The minimum absolute atomic E-state index is 0.238. The van der Waals surface area contributed by atoms with E-state index in [9.17, 15) is 14.7 Å². The molecule has 2 N–H and O–H groups in total. The lowest BCUT2D eigenvalue weighted by molar-refractivity contribution is -0.142. The number of aliphatic carboxylic acids is 1. The molecule has 0 aromatic heterocycles. The Balaban J connectivity index is 1.75. The quantitative estimate of drug-likeness (QED) is 0.878. The maximum atomic E-state index is 12.7. The van der Waals surface area contributed by atoms with Crippen LogP contribution in [0, 0.1) is 13.8 Å². The van der Waals surface area contributed by atoms with Gasteiger partial charge < -0.3 is 15.2 Å². The number of carboxylic acid groups (broad SMARTS) is 1. The van der Waals surface area contributed by atoms with Crippen molar-refractivity contribution in [3.8, 4) is 5.75 Å². The predicted octanol–water partition coefficient (Wildman–Crippen LogP) is 2.59. The Morgan fingerprint density at radius 1 is 1.20 bits per heavy atom. The normalized spacial score (nSPS) is 16.6. The Morgan fingerprint density at radius 3 is 2.56 bits per heavy atom. The zero-order valence-corrected chi connectivity index (χ0v) is 14.3. The van der Waals surface area contributed by atoms with E-state index in [0.29, 0.717) is 5.75 Å². The van der Waals surface area contributed by atoms with Gasteiger partial charge in [-0.15, -0.1) is 0 Å². The van der Waals surface area contributed by atoms with E-state index in [0.717, 1.165) is 22.3 Å². The number of rotatable bonds is 5. The summed E-state index contributed by atoms with van der Waals surface area (Å²) in [5.41, 5.74) is 3.88. The topological polar surface area (TPSA) is 75.6 Å². The second-order valence-corrected chi connectivity index (χ2v) is 6.43. The molecule has 2 aromatic rings. The van der Waals surface area contributed by atoms with Gasteiger partial charge in [-0.1, -0.05) is 36.4 Å². The maximum absolute atomic E-state index is 12.7. The van der Waals surface area contributed by atoms with Crippen LogP contribution in [0.1, 0.15) is 28.2 Å². The van der Waals surface area contributed by atoms with E-state index in [1.54, 1.807) is 0 Å². The van der Waals surface area contributed by atoms with Crippen LogP contribution in [0.5, 0.6) is 5.75 Å². The molecule has 0 fully saturated rings. The fraction of sp³-hybridized carbons (Fsp3) is 0.300. The number of hydrogen-bond acceptors (Lipinski definition) is 3. The lowest BCUT2D eigenvalue weighted by Gasteiger charge is -2.17. The summed E-state index contributed by atoms with van der Waals surface area (Å²) in [6, 6.07) is 12.2. The zero-order valence-electron chi connectivity index (χ0n) is 14.3. The Morgan fingerprint density at radius 2 is 1.88 bits per heavy atom. The number of benzene rings is 2. The van der Waals surface area contributed by atoms with E-state index >= 15 is 0 Å². The van der Waals surface area contributed by atoms with E-state index in [2.05, 4.69) is 5.32 Å². The lowest BCUT2D eigenvalue weighted by atomic mass is 9.95. The van der Waals surface area contributed by atoms with E-state index in [1.807, 2.05) is 56.3 Å². The van der Waals surface area contributed by atoms with Crippen molar-refractivity contribution >= 4 is 11.9 Å². The van der Waals surface area contributed by atoms with Gasteiger partial charge in [0.25, 0.3) is 0 Å². The van der Waals surface area contributed by atoms with Gasteiger partial charge in [0, 0.05) is 12.0 Å². The fourth-order valence-corrected chi connectivity index (χ4v) is 3.01. The summed E-state index contributed by atoms with van der Waals surface area (Å²) in [4.78, 5) is 24.2. The molecule has 0 spiro atoms. The molecule has 1 unspecified atom stereocenters. The molecule has 25 heavy (non-hydrogen) atoms. The van der Waals surface area contributed by atoms with E-state index in [1.165, 1.54) is 0 Å². The van der Waals surface area contributed by atoms with Crippen LogP contribution in [0.2, 0.25) is 0 Å². The summed E-state index contributed by atoms with van der Waals surface area (Å²) in [5, 5.41) is 12.1. The maximum Gasteiger partial charge on any atom is 0.326 e. The highest BCUT2D eigenvalue weighted by Crippen LogP contribution is 2.36. The zero-order chi connectivity index (χ0) is 18.0. The standard InChI is InChI=1S/C20H21NO4/c1-12-8-15-16(11-25-18(15)9-13(12)2)19(22)21-17(20(23)24)10-14-6-4-3-5-7-14/h3-9,16-17H,10-11H2,1-2H3,(H,21,22)(H,23,24)/t16?,17-/m1/s1. The molecule has 0 saturated heterocycles. The summed E-state index contributed by atoms with van der Waals surface area (Å²) < 4.78 is 5.62. The van der Waals surface area contributed by atoms with Crippen LogP contribution in [0.4, 0.5) is 0 Å². The molecule has 1 aliphatic rings. The van der Waals surface area contributed by atoms with E-state index in [-0.39, 0.29) is 18.9 Å². The van der Waals surface area contributed by atoms with Gasteiger partial charge >= 0.3 is 5.97 Å². The Hall–Kier alpha value is -2.82. The first-order valence-electron chi connectivity index (χ1n) is 8.26. The van der Waals surface area contributed by atoms with Crippen molar-refractivity contribution in [2.24, 2.45) is 0 Å². The molecule has 5 heteroatoms. The molecule has 1 heterocycles. The van der Waals surface area contributed by atoms with Gasteiger partial charge in [0.2, 0.25) is 5.91 Å². The van der Waals surface area contributed by atoms with Crippen LogP contribution >= 0.6 is 0 Å². The van der Waals surface area contributed by atoms with Crippen molar-refractivity contribution in [1.82, 2.24) is 5.32 Å². The number of fused-ring (bicyclic) bond motifs is 1. The highest BCUT2D eigenvalue weighted by atomic mass is 16.5. The first kappa shape index (κ1) is 17.0. The minimum Gasteiger partial charge on any atom is -0.492 e. The third-order valence-corrected chi connectivity index (χ3v) is 4.62. The predicted molar refractivity (Wildman–Crippen MR) is 93.9 cm³/mol. The largest absolute Gasteiger partial charge is 0.492 e. The average Bonchev–Trinajstić information content (AvgIpc) is 2.98. The molecule has 3 rings (SSSR count). The molecule has 0 bridgehead atoms. The number of carbonyl (C=O) groups is 2. The van der Waals surface area contributed by atoms with Crippen molar-refractivity contribution in [1.29, 1.82) is 0 Å². The van der Waals surface area contributed by atoms with E-state index < -0.39 is 17.9 Å². The SMILES string of the molecule is Cc1cc2c(cc1C)C(C(=O)N[C@H](Cc1ccccc1)C(=O)O)CO2. The monoisotopic (exact) mass is 339 g/mol. The lowest BCUT2D eigenvalue weighted by Crippen LogP contribution is -2.44. The number of carboxylic acids is 1. The molecule has 5 nitrogen and oxygen atoms in total. The third-order valence-electron chi connectivity index (χ3n) is 4.62. The Bertz CT molecular complexity index is 801. The van der Waals surface area contributed by atoms with Crippen LogP contribution in [-0.2, 0) is 16.0 Å². The summed E-state index contributed by atoms with van der Waals surface area (Å²) >= 11 is 0. The smallest absolute Gasteiger partial charge is 0.326 e. The summed E-state index contributed by atoms with van der Waals surface area (Å²) in [7, 11) is 0. The van der Waals surface area contributed by atoms with Crippen molar-refractivity contribution in [3.63, 3.8) is 0 Å². The van der Waals surface area contributed by atoms with Crippen molar-refractivity contribution in [2.45, 2.75) is 32.2 Å². The molecule has 0 aliphatic carbocycles. The first-order chi connectivity index (χ1) is 12.0. The summed E-state index contributed by atoms with van der Waals surface area (Å²) in [5.74, 6) is -1.13. The van der Waals surface area contributed by atoms with Gasteiger partial charge in [0.1, 0.15) is 24.3 Å². The molecule has 0 radical (unpaired) electrons. The van der Waals surface area contributed by atoms with Gasteiger partial charge in [-0.2, -0.15) is 0 Å². The third kappa shape index (κ3) is 3.65. The molecule has 130 valence electrons. The first-order valence-corrected chi connectivity index (χ1v) is 8.26. The molecule has 2 aromatic carbocycles. The molecule has 2 atom stereocenters. The fourth-order valence-electron chi connectivity index (χ4n) is 3.01. The molecule has 1 amide bonds. The van der Waals surface area contributed by atoms with Crippen LogP contribution in [0.15, 0.2) is 42.5 Å². The van der Waals surface area contributed by atoms with Crippen LogP contribution in [0.25, 0.3) is 0 Å². The second-order valence-electron chi connectivity index (χ2n) is 6.43. The number of aryl methyl sites for hydroxylation is 2. The van der Waals surface area contributed by atoms with Gasteiger partial charge in [-0.05, 0) is 36.6 Å². The molecule has 0 saturated carbocycles. The van der Waals surface area contributed by atoms with Crippen LogP contribution in [-0.4, -0.2) is 29.6 Å². The highest BCUT2D eigenvalue weighted by molar-refractivity contribution is 5.89. The number of ether oxygens (including phenoxy) is 1. The number of nitrogens with one attached hydrogen (secondary N) is 1. The van der Waals surface area contributed by atoms with Crippen LogP contribution < -0.4 is 10.1 Å². The Kier molecular flexibility index (Phi) is 4.74. The van der Waals surface area contributed by atoms with Gasteiger partial charge in [-0.25, -0.2) is 4.79 Å². The number of carbonyl (C=O) groups excluding carboxylic acids is 1. The van der Waals surface area contributed by atoms with E-state index in [4.69, 9.17) is 4.74 Å².